The molecule has 0 bridgehead atoms. The van der Waals surface area contributed by atoms with Gasteiger partial charge < -0.3 is 4.90 Å². The lowest BCUT2D eigenvalue weighted by Gasteiger charge is -2.29. The summed E-state index contributed by atoms with van der Waals surface area (Å²) in [6.45, 7) is 3.07. The molecule has 0 aliphatic carbocycles. The van der Waals surface area contributed by atoms with Crippen LogP contribution in [-0.4, -0.2) is 21.1 Å². The van der Waals surface area contributed by atoms with Crippen molar-refractivity contribution in [3.05, 3.63) is 51.3 Å². The van der Waals surface area contributed by atoms with Crippen LogP contribution in [0.15, 0.2) is 23.0 Å². The molecular formula is C15H15N5O. The van der Waals surface area contributed by atoms with E-state index in [1.165, 1.54) is 0 Å². The zero-order chi connectivity index (χ0) is 15.0. The Kier molecular flexibility index (Phi) is 3.18. The summed E-state index contributed by atoms with van der Waals surface area (Å²) >= 11 is 0. The third-order valence-corrected chi connectivity index (χ3v) is 3.83. The second-order valence-corrected chi connectivity index (χ2v) is 5.11. The second kappa shape index (κ2) is 5.02. The highest BCUT2D eigenvalue weighted by Crippen LogP contribution is 2.20. The highest BCUT2D eigenvalue weighted by Gasteiger charge is 2.22. The Balaban J connectivity index is 2.00. The molecule has 0 spiro atoms. The van der Waals surface area contributed by atoms with E-state index >= 15 is 0 Å². The minimum atomic E-state index is -0.00126. The van der Waals surface area contributed by atoms with E-state index in [4.69, 9.17) is 5.26 Å². The minimum absolute atomic E-state index is 0.00126. The number of hydrogen-bond acceptors (Lipinski definition) is 5. The largest absolute Gasteiger partial charge is 0.352 e. The van der Waals surface area contributed by atoms with E-state index < -0.39 is 0 Å². The fourth-order valence-electron chi connectivity index (χ4n) is 2.54. The van der Waals surface area contributed by atoms with E-state index in [-0.39, 0.29) is 5.56 Å². The van der Waals surface area contributed by atoms with Crippen molar-refractivity contribution in [2.75, 3.05) is 11.4 Å². The molecule has 21 heavy (non-hydrogen) atoms. The number of nitrogens with zero attached hydrogens (tertiary/aromatic N) is 5. The number of hydrogen-bond donors (Lipinski definition) is 0. The molecule has 6 heteroatoms. The Morgan fingerprint density at radius 3 is 2.90 bits per heavy atom. The van der Waals surface area contributed by atoms with Crippen LogP contribution in [0.2, 0.25) is 0 Å². The van der Waals surface area contributed by atoms with Crippen molar-refractivity contribution in [1.82, 2.24) is 14.5 Å². The Hall–Kier alpha value is -2.68. The molecule has 0 aromatic carbocycles. The SMILES string of the molecule is Cc1nc2c(c(=O)n1C)CN(c1cccc(C#N)n1)CC2. The number of pyridine rings is 1. The number of aryl methyl sites for hydroxylation is 1. The van der Waals surface area contributed by atoms with Crippen LogP contribution in [-0.2, 0) is 20.0 Å². The van der Waals surface area contributed by atoms with E-state index in [0.29, 0.717) is 18.7 Å². The molecule has 0 radical (unpaired) electrons. The lowest BCUT2D eigenvalue weighted by atomic mass is 10.1. The molecule has 0 amide bonds. The highest BCUT2D eigenvalue weighted by molar-refractivity contribution is 5.44. The number of anilines is 1. The first-order chi connectivity index (χ1) is 10.1. The van der Waals surface area contributed by atoms with Gasteiger partial charge in [0.1, 0.15) is 23.4 Å². The predicted octanol–water partition coefficient (Wildman–Crippen LogP) is 0.918. The molecule has 1 aliphatic rings. The molecular weight excluding hydrogens is 266 g/mol. The zero-order valence-corrected chi connectivity index (χ0v) is 12.0. The Morgan fingerprint density at radius 1 is 1.33 bits per heavy atom. The first-order valence-corrected chi connectivity index (χ1v) is 6.77. The fourth-order valence-corrected chi connectivity index (χ4v) is 2.54. The number of aromatic nitrogens is 3. The summed E-state index contributed by atoms with van der Waals surface area (Å²) in [6, 6.07) is 7.38. The van der Waals surface area contributed by atoms with Crippen LogP contribution in [0.25, 0.3) is 0 Å². The van der Waals surface area contributed by atoms with E-state index in [1.807, 2.05) is 30.0 Å². The van der Waals surface area contributed by atoms with Crippen molar-refractivity contribution in [3.8, 4) is 6.07 Å². The van der Waals surface area contributed by atoms with Gasteiger partial charge in [-0.2, -0.15) is 5.26 Å². The van der Waals surface area contributed by atoms with Gasteiger partial charge in [-0.25, -0.2) is 9.97 Å². The van der Waals surface area contributed by atoms with E-state index in [0.717, 1.165) is 29.4 Å². The van der Waals surface area contributed by atoms with E-state index in [1.54, 1.807) is 17.7 Å². The van der Waals surface area contributed by atoms with Crippen molar-refractivity contribution in [2.24, 2.45) is 7.05 Å². The Bertz CT molecular complexity index is 803. The van der Waals surface area contributed by atoms with Crippen LogP contribution >= 0.6 is 0 Å². The molecule has 3 rings (SSSR count). The maximum atomic E-state index is 12.4. The summed E-state index contributed by atoms with van der Waals surface area (Å²) in [7, 11) is 1.73. The van der Waals surface area contributed by atoms with Gasteiger partial charge in [0, 0.05) is 20.0 Å². The van der Waals surface area contributed by atoms with Crippen molar-refractivity contribution < 1.29 is 0 Å². The van der Waals surface area contributed by atoms with Gasteiger partial charge in [-0.1, -0.05) is 6.07 Å². The van der Waals surface area contributed by atoms with Crippen molar-refractivity contribution in [3.63, 3.8) is 0 Å². The Morgan fingerprint density at radius 2 is 2.14 bits per heavy atom. The molecule has 6 nitrogen and oxygen atoms in total. The molecule has 106 valence electrons. The topological polar surface area (TPSA) is 74.8 Å². The van der Waals surface area contributed by atoms with Crippen LogP contribution < -0.4 is 10.5 Å². The van der Waals surface area contributed by atoms with Gasteiger partial charge in [0.2, 0.25) is 0 Å². The smallest absolute Gasteiger partial charge is 0.258 e. The number of fused-ring (bicyclic) bond motifs is 1. The van der Waals surface area contributed by atoms with Gasteiger partial charge in [-0.15, -0.1) is 0 Å². The average Bonchev–Trinajstić information content (AvgIpc) is 2.52. The highest BCUT2D eigenvalue weighted by atomic mass is 16.1. The minimum Gasteiger partial charge on any atom is -0.352 e. The van der Waals surface area contributed by atoms with Crippen LogP contribution in [0.4, 0.5) is 5.82 Å². The molecule has 1 aliphatic heterocycles. The first-order valence-electron chi connectivity index (χ1n) is 6.77. The fraction of sp³-hybridized carbons (Fsp3) is 0.333. The normalized spacial score (nSPS) is 13.7. The van der Waals surface area contributed by atoms with Gasteiger partial charge in [0.05, 0.1) is 17.8 Å². The summed E-state index contributed by atoms with van der Waals surface area (Å²) in [4.78, 5) is 23.2. The van der Waals surface area contributed by atoms with Crippen molar-refractivity contribution >= 4 is 5.82 Å². The molecule has 3 heterocycles. The summed E-state index contributed by atoms with van der Waals surface area (Å²) in [6.07, 6.45) is 0.713. The molecule has 0 fully saturated rings. The van der Waals surface area contributed by atoms with E-state index in [2.05, 4.69) is 9.97 Å². The average molecular weight is 281 g/mol. The lowest BCUT2D eigenvalue weighted by molar-refractivity contribution is 0.650. The molecule has 2 aromatic rings. The molecule has 0 saturated carbocycles. The third kappa shape index (κ3) is 2.27. The Labute approximate surface area is 122 Å². The number of rotatable bonds is 1. The molecule has 2 aromatic heterocycles. The van der Waals surface area contributed by atoms with Gasteiger partial charge in [-0.3, -0.25) is 9.36 Å². The predicted molar refractivity (Wildman–Crippen MR) is 77.9 cm³/mol. The molecule has 0 unspecified atom stereocenters. The summed E-state index contributed by atoms with van der Waals surface area (Å²) in [5.41, 5.74) is 1.98. The van der Waals surface area contributed by atoms with Crippen LogP contribution in [0.3, 0.4) is 0 Å². The zero-order valence-electron chi connectivity index (χ0n) is 12.0. The standard InChI is InChI=1S/C15H15N5O/c1-10-17-13-6-7-20(9-12(13)15(21)19(10)2)14-5-3-4-11(8-16)18-14/h3-5H,6-7,9H2,1-2H3. The van der Waals surface area contributed by atoms with Crippen LogP contribution in [0.5, 0.6) is 0 Å². The number of nitriles is 1. The van der Waals surface area contributed by atoms with Gasteiger partial charge in [0.25, 0.3) is 5.56 Å². The van der Waals surface area contributed by atoms with E-state index in [9.17, 15) is 4.79 Å². The van der Waals surface area contributed by atoms with Gasteiger partial charge >= 0.3 is 0 Å². The monoisotopic (exact) mass is 281 g/mol. The van der Waals surface area contributed by atoms with Gasteiger partial charge in [0.15, 0.2) is 0 Å². The summed E-state index contributed by atoms with van der Waals surface area (Å²) in [5.74, 6) is 1.46. The quantitative estimate of drug-likeness (QED) is 0.777. The summed E-state index contributed by atoms with van der Waals surface area (Å²) in [5, 5.41) is 8.93. The maximum Gasteiger partial charge on any atom is 0.258 e. The first kappa shape index (κ1) is 13.3. The van der Waals surface area contributed by atoms with Crippen LogP contribution in [0, 0.1) is 18.3 Å². The molecule has 0 atom stereocenters. The lowest BCUT2D eigenvalue weighted by Crippen LogP contribution is -2.38. The van der Waals surface area contributed by atoms with Gasteiger partial charge in [-0.05, 0) is 19.1 Å². The van der Waals surface area contributed by atoms with Crippen molar-refractivity contribution in [1.29, 1.82) is 5.26 Å². The van der Waals surface area contributed by atoms with Crippen molar-refractivity contribution in [2.45, 2.75) is 19.9 Å². The second-order valence-electron chi connectivity index (χ2n) is 5.11. The van der Waals surface area contributed by atoms with Crippen LogP contribution in [0.1, 0.15) is 22.8 Å². The maximum absolute atomic E-state index is 12.4. The third-order valence-electron chi connectivity index (χ3n) is 3.83. The molecule has 0 N–H and O–H groups in total. The summed E-state index contributed by atoms with van der Waals surface area (Å²) < 4.78 is 1.57. The molecule has 0 saturated heterocycles.